The molecule has 0 saturated carbocycles. The molecule has 0 aliphatic carbocycles. The number of benzene rings is 8. The lowest BCUT2D eigenvalue weighted by Crippen LogP contribution is -2.10. The molecule has 2 heterocycles. The molecule has 0 aliphatic heterocycles. The second-order valence-corrected chi connectivity index (χ2v) is 13.6. The third-order valence-electron chi connectivity index (χ3n) is 9.67. The summed E-state index contributed by atoms with van der Waals surface area (Å²) in [6, 6.07) is 63.3. The van der Waals surface area contributed by atoms with Gasteiger partial charge in [-0.1, -0.05) is 121 Å². The van der Waals surface area contributed by atoms with Gasteiger partial charge in [0.25, 0.3) is 0 Å². The molecule has 2 aromatic heterocycles. The zero-order valence-electron chi connectivity index (χ0n) is 26.5. The summed E-state index contributed by atoms with van der Waals surface area (Å²) in [5, 5.41) is 7.24. The van der Waals surface area contributed by atoms with E-state index in [1.165, 1.54) is 42.1 Å². The first-order valence-corrected chi connectivity index (χ1v) is 17.4. The van der Waals surface area contributed by atoms with E-state index < -0.39 is 0 Å². The lowest BCUT2D eigenvalue weighted by atomic mass is 10.00. The van der Waals surface area contributed by atoms with Gasteiger partial charge in [0, 0.05) is 53.3 Å². The highest BCUT2D eigenvalue weighted by atomic mass is 32.1. The maximum absolute atomic E-state index is 6.44. The van der Waals surface area contributed by atoms with Crippen LogP contribution in [0.15, 0.2) is 180 Å². The van der Waals surface area contributed by atoms with E-state index in [1.54, 1.807) is 0 Å². The SMILES string of the molecule is c1ccc(-c2ccc(N(c3ccc4sc5ccc(-c6cccc7c6oc6ccccc67)cc5c4c3)c3cccc4ccccc34)cc2)cc1. The standard InChI is InChI=1S/C46H29NOS/c1-2-10-30(11-3-1)31-20-23-34(24-21-31)47(42-18-8-13-32-12-4-5-14-36(32)42)35-25-27-45-41(29-35)40-28-33(22-26-44(40)49-45)37-16-9-17-39-38-15-6-7-19-43(38)48-46(37)39/h1-29H. The van der Waals surface area contributed by atoms with Gasteiger partial charge in [-0.05, 0) is 76.7 Å². The van der Waals surface area contributed by atoms with Crippen LogP contribution in [0.5, 0.6) is 0 Å². The molecular weight excluding hydrogens is 615 g/mol. The summed E-state index contributed by atoms with van der Waals surface area (Å²) in [7, 11) is 0. The Hall–Kier alpha value is -6.16. The van der Waals surface area contributed by atoms with Gasteiger partial charge in [-0.2, -0.15) is 0 Å². The zero-order valence-corrected chi connectivity index (χ0v) is 27.3. The van der Waals surface area contributed by atoms with Crippen molar-refractivity contribution in [3.8, 4) is 22.3 Å². The van der Waals surface area contributed by atoms with Crippen LogP contribution >= 0.6 is 11.3 Å². The molecule has 0 fully saturated rings. The largest absolute Gasteiger partial charge is 0.455 e. The predicted molar refractivity (Wildman–Crippen MR) is 210 cm³/mol. The maximum Gasteiger partial charge on any atom is 0.143 e. The summed E-state index contributed by atoms with van der Waals surface area (Å²) >= 11 is 1.85. The van der Waals surface area contributed by atoms with E-state index in [9.17, 15) is 0 Å². The highest BCUT2D eigenvalue weighted by Gasteiger charge is 2.18. The van der Waals surface area contributed by atoms with Crippen LogP contribution in [0.3, 0.4) is 0 Å². The van der Waals surface area contributed by atoms with Crippen molar-refractivity contribution in [2.75, 3.05) is 4.90 Å². The minimum Gasteiger partial charge on any atom is -0.455 e. The monoisotopic (exact) mass is 643 g/mol. The topological polar surface area (TPSA) is 16.4 Å². The molecule has 0 spiro atoms. The second kappa shape index (κ2) is 11.2. The summed E-state index contributed by atoms with van der Waals surface area (Å²) in [4.78, 5) is 2.40. The fourth-order valence-electron chi connectivity index (χ4n) is 7.31. The molecule has 0 radical (unpaired) electrons. The van der Waals surface area contributed by atoms with E-state index >= 15 is 0 Å². The number of para-hydroxylation sites is 2. The molecule has 3 heteroatoms. The van der Waals surface area contributed by atoms with Crippen molar-refractivity contribution in [1.29, 1.82) is 0 Å². The molecule has 0 bridgehead atoms. The van der Waals surface area contributed by atoms with E-state index in [2.05, 4.69) is 169 Å². The molecule has 8 aromatic carbocycles. The van der Waals surface area contributed by atoms with Crippen molar-refractivity contribution in [1.82, 2.24) is 0 Å². The Morgan fingerprint density at radius 1 is 0.408 bits per heavy atom. The van der Waals surface area contributed by atoms with Gasteiger partial charge in [0.1, 0.15) is 11.2 Å². The molecule has 0 N–H and O–H groups in total. The maximum atomic E-state index is 6.44. The number of nitrogens with zero attached hydrogens (tertiary/aromatic N) is 1. The van der Waals surface area contributed by atoms with Crippen LogP contribution in [-0.2, 0) is 0 Å². The Morgan fingerprint density at radius 3 is 1.92 bits per heavy atom. The fraction of sp³-hybridized carbons (Fsp3) is 0. The van der Waals surface area contributed by atoms with Crippen molar-refractivity contribution < 1.29 is 4.42 Å². The summed E-state index contributed by atoms with van der Waals surface area (Å²) in [5.41, 5.74) is 9.94. The summed E-state index contributed by atoms with van der Waals surface area (Å²) in [5.74, 6) is 0. The van der Waals surface area contributed by atoms with Crippen LogP contribution in [0.25, 0.3) is 75.1 Å². The number of fused-ring (bicyclic) bond motifs is 7. The van der Waals surface area contributed by atoms with Gasteiger partial charge in [-0.25, -0.2) is 0 Å². The van der Waals surface area contributed by atoms with Gasteiger partial charge in [0.2, 0.25) is 0 Å². The number of anilines is 3. The van der Waals surface area contributed by atoms with Gasteiger partial charge in [0.15, 0.2) is 0 Å². The van der Waals surface area contributed by atoms with Crippen LogP contribution in [-0.4, -0.2) is 0 Å². The molecule has 0 aliphatic rings. The number of furan rings is 1. The first kappa shape index (κ1) is 27.9. The van der Waals surface area contributed by atoms with Gasteiger partial charge in [-0.3, -0.25) is 0 Å². The fourth-order valence-corrected chi connectivity index (χ4v) is 8.38. The number of hydrogen-bond acceptors (Lipinski definition) is 3. The minimum absolute atomic E-state index is 0.919. The Morgan fingerprint density at radius 2 is 1.04 bits per heavy atom. The van der Waals surface area contributed by atoms with E-state index in [0.717, 1.165) is 50.1 Å². The smallest absolute Gasteiger partial charge is 0.143 e. The van der Waals surface area contributed by atoms with E-state index in [-0.39, 0.29) is 0 Å². The summed E-state index contributed by atoms with van der Waals surface area (Å²) in [6.07, 6.45) is 0. The lowest BCUT2D eigenvalue weighted by molar-refractivity contribution is 0.670. The zero-order chi connectivity index (χ0) is 32.3. The number of thiophene rings is 1. The molecule has 10 rings (SSSR count). The lowest BCUT2D eigenvalue weighted by Gasteiger charge is -2.27. The summed E-state index contributed by atoms with van der Waals surface area (Å²) in [6.45, 7) is 0. The van der Waals surface area contributed by atoms with Crippen LogP contribution < -0.4 is 4.90 Å². The molecular formula is C46H29NOS. The Kier molecular flexibility index (Phi) is 6.39. The van der Waals surface area contributed by atoms with Gasteiger partial charge in [-0.15, -0.1) is 11.3 Å². The van der Waals surface area contributed by atoms with Crippen molar-refractivity contribution in [3.05, 3.63) is 176 Å². The van der Waals surface area contributed by atoms with E-state index in [1.807, 2.05) is 23.5 Å². The second-order valence-electron chi connectivity index (χ2n) is 12.5. The molecule has 230 valence electrons. The van der Waals surface area contributed by atoms with Crippen LogP contribution in [0.1, 0.15) is 0 Å². The Balaban J connectivity index is 1.15. The third-order valence-corrected chi connectivity index (χ3v) is 10.8. The van der Waals surface area contributed by atoms with Crippen LogP contribution in [0, 0.1) is 0 Å². The molecule has 2 nitrogen and oxygen atoms in total. The van der Waals surface area contributed by atoms with Crippen molar-refractivity contribution in [2.24, 2.45) is 0 Å². The summed E-state index contributed by atoms with van der Waals surface area (Å²) < 4.78 is 8.98. The average molecular weight is 644 g/mol. The highest BCUT2D eigenvalue weighted by molar-refractivity contribution is 7.25. The van der Waals surface area contributed by atoms with E-state index in [0.29, 0.717) is 0 Å². The molecule has 0 unspecified atom stereocenters. The Bertz CT molecular complexity index is 2820. The normalized spacial score (nSPS) is 11.7. The number of rotatable bonds is 5. The quantitative estimate of drug-likeness (QED) is 0.186. The minimum atomic E-state index is 0.919. The molecule has 0 saturated heterocycles. The third kappa shape index (κ3) is 4.62. The first-order chi connectivity index (χ1) is 24.3. The Labute approximate surface area is 287 Å². The van der Waals surface area contributed by atoms with Crippen molar-refractivity contribution >= 4 is 81.3 Å². The van der Waals surface area contributed by atoms with Gasteiger partial charge in [0.05, 0.1) is 5.69 Å². The van der Waals surface area contributed by atoms with Crippen LogP contribution in [0.2, 0.25) is 0 Å². The molecule has 10 aromatic rings. The molecule has 49 heavy (non-hydrogen) atoms. The van der Waals surface area contributed by atoms with Gasteiger partial charge < -0.3 is 9.32 Å². The molecule has 0 amide bonds. The molecule has 0 atom stereocenters. The highest BCUT2D eigenvalue weighted by Crippen LogP contribution is 2.44. The van der Waals surface area contributed by atoms with Gasteiger partial charge >= 0.3 is 0 Å². The first-order valence-electron chi connectivity index (χ1n) is 16.6. The average Bonchev–Trinajstić information content (AvgIpc) is 3.74. The van der Waals surface area contributed by atoms with Crippen molar-refractivity contribution in [3.63, 3.8) is 0 Å². The van der Waals surface area contributed by atoms with Crippen LogP contribution in [0.4, 0.5) is 17.1 Å². The van der Waals surface area contributed by atoms with Crippen molar-refractivity contribution in [2.45, 2.75) is 0 Å². The number of hydrogen-bond donors (Lipinski definition) is 0. The predicted octanol–water partition coefficient (Wildman–Crippen LogP) is 13.9. The van der Waals surface area contributed by atoms with E-state index in [4.69, 9.17) is 4.42 Å².